The minimum Gasteiger partial charge on any atom is -0.445 e. The number of aryl methyl sites for hydroxylation is 2. The van der Waals surface area contributed by atoms with E-state index < -0.39 is 17.5 Å². The van der Waals surface area contributed by atoms with Gasteiger partial charge in [0.2, 0.25) is 0 Å². The average Bonchev–Trinajstić information content (AvgIpc) is 3.22. The van der Waals surface area contributed by atoms with Crippen molar-refractivity contribution in [1.29, 1.82) is 0 Å². The van der Waals surface area contributed by atoms with E-state index in [2.05, 4.69) is 29.1 Å². The molecule has 1 heterocycles. The first-order valence-electron chi connectivity index (χ1n) is 12.2. The number of aromatic nitrogens is 1. The lowest BCUT2D eigenvalue weighted by Gasteiger charge is -2.48. The summed E-state index contributed by atoms with van der Waals surface area (Å²) in [6.45, 7) is 3.69. The van der Waals surface area contributed by atoms with E-state index >= 15 is 0 Å². The van der Waals surface area contributed by atoms with Crippen molar-refractivity contribution in [2.45, 2.75) is 57.1 Å². The first kappa shape index (κ1) is 27.2. The van der Waals surface area contributed by atoms with Gasteiger partial charge < -0.3 is 19.9 Å². The molecule has 0 spiro atoms. The molecule has 0 radical (unpaired) electrons. The molecule has 4 rings (SSSR count). The van der Waals surface area contributed by atoms with Gasteiger partial charge in [0.15, 0.2) is 5.60 Å². The van der Waals surface area contributed by atoms with E-state index in [0.29, 0.717) is 41.3 Å². The summed E-state index contributed by atoms with van der Waals surface area (Å²) in [4.78, 5) is 28.5. The monoisotopic (exact) mass is 543 g/mol. The van der Waals surface area contributed by atoms with Crippen molar-refractivity contribution in [2.24, 2.45) is 5.73 Å². The summed E-state index contributed by atoms with van der Waals surface area (Å²) in [5.41, 5.74) is 7.27. The number of amides is 1. The van der Waals surface area contributed by atoms with Crippen LogP contribution in [0.2, 0.25) is 10.0 Å². The number of ether oxygens (including phenoxy) is 1. The lowest BCUT2D eigenvalue weighted by molar-refractivity contribution is -0.144. The maximum Gasteiger partial charge on any atom is 0.345 e. The largest absolute Gasteiger partial charge is 0.445 e. The van der Waals surface area contributed by atoms with Crippen LogP contribution in [0.5, 0.6) is 0 Å². The molecular formula is C28H31Cl2N3O4. The number of likely N-dealkylation sites (N-methyl/N-ethyl adjacent to an activating group) is 1. The molecule has 37 heavy (non-hydrogen) atoms. The maximum atomic E-state index is 13.5. The van der Waals surface area contributed by atoms with Gasteiger partial charge in [-0.3, -0.25) is 4.79 Å². The second kappa shape index (κ2) is 10.5. The lowest BCUT2D eigenvalue weighted by Crippen LogP contribution is -2.57. The number of hydrogen-bond acceptors (Lipinski definition) is 6. The number of esters is 1. The second-order valence-corrected chi connectivity index (χ2v) is 10.8. The Morgan fingerprint density at radius 3 is 2.22 bits per heavy atom. The Bertz CT molecular complexity index is 1310. The SMILES string of the molecule is Cc1ccccc1CC1(N(C)C)CCC(OC(=O)c2c(-c3c(Cl)cccc3Cl)noc2C)(C(N)=O)CC1. The quantitative estimate of drug-likeness (QED) is 0.380. The number of carbonyl (C=O) groups is 2. The standard InChI is InChI=1S/C28H31Cl2N3O4/c1-17-8-5-6-9-19(17)16-27(33(3)4)12-14-28(15-13-27,26(31)35)36-25(34)22-18(2)37-32-24(22)23-20(29)10-7-11-21(23)30/h5-11H,12-16H2,1-4H3,(H2,31,35). The highest BCUT2D eigenvalue weighted by Crippen LogP contribution is 2.43. The molecule has 0 aliphatic heterocycles. The zero-order valence-corrected chi connectivity index (χ0v) is 22.9. The molecule has 1 aliphatic rings. The molecule has 3 aromatic rings. The molecular weight excluding hydrogens is 513 g/mol. The van der Waals surface area contributed by atoms with Gasteiger partial charge in [-0.25, -0.2) is 4.79 Å². The fourth-order valence-electron chi connectivity index (χ4n) is 5.20. The minimum atomic E-state index is -1.45. The lowest BCUT2D eigenvalue weighted by atomic mass is 9.70. The van der Waals surface area contributed by atoms with Crippen molar-refractivity contribution in [2.75, 3.05) is 14.1 Å². The molecule has 1 saturated carbocycles. The summed E-state index contributed by atoms with van der Waals surface area (Å²) in [7, 11) is 4.09. The molecule has 2 aromatic carbocycles. The van der Waals surface area contributed by atoms with E-state index in [1.54, 1.807) is 25.1 Å². The van der Waals surface area contributed by atoms with Gasteiger partial charge >= 0.3 is 5.97 Å². The average molecular weight is 544 g/mol. The third-order valence-electron chi connectivity index (χ3n) is 7.72. The van der Waals surface area contributed by atoms with Crippen LogP contribution in [0, 0.1) is 13.8 Å². The molecule has 0 bridgehead atoms. The van der Waals surface area contributed by atoms with Crippen molar-refractivity contribution in [1.82, 2.24) is 10.1 Å². The summed E-state index contributed by atoms with van der Waals surface area (Å²) >= 11 is 12.7. The van der Waals surface area contributed by atoms with E-state index in [1.165, 1.54) is 11.1 Å². The van der Waals surface area contributed by atoms with Crippen LogP contribution in [0.25, 0.3) is 11.3 Å². The molecule has 7 nitrogen and oxygen atoms in total. The Kier molecular flexibility index (Phi) is 7.70. The van der Waals surface area contributed by atoms with E-state index in [1.807, 2.05) is 26.2 Å². The number of nitrogens with two attached hydrogens (primary N) is 1. The molecule has 9 heteroatoms. The second-order valence-electron chi connectivity index (χ2n) is 10.0. The highest BCUT2D eigenvalue weighted by Gasteiger charge is 2.50. The number of primary amides is 1. The fraction of sp³-hybridized carbons (Fsp3) is 0.393. The molecule has 1 amide bonds. The fourth-order valence-corrected chi connectivity index (χ4v) is 5.78. The summed E-state index contributed by atoms with van der Waals surface area (Å²) < 4.78 is 11.3. The van der Waals surface area contributed by atoms with Crippen LogP contribution in [0.15, 0.2) is 47.0 Å². The number of benzene rings is 2. The summed E-state index contributed by atoms with van der Waals surface area (Å²) in [6, 6.07) is 13.3. The molecule has 0 saturated heterocycles. The molecule has 0 atom stereocenters. The highest BCUT2D eigenvalue weighted by atomic mass is 35.5. The normalized spacial score (nSPS) is 21.7. The van der Waals surface area contributed by atoms with Crippen LogP contribution < -0.4 is 5.73 Å². The van der Waals surface area contributed by atoms with Crippen molar-refractivity contribution >= 4 is 35.1 Å². The van der Waals surface area contributed by atoms with Crippen LogP contribution in [0.4, 0.5) is 0 Å². The van der Waals surface area contributed by atoms with Gasteiger partial charge in [0.25, 0.3) is 5.91 Å². The highest BCUT2D eigenvalue weighted by molar-refractivity contribution is 6.39. The van der Waals surface area contributed by atoms with Gasteiger partial charge in [-0.1, -0.05) is 58.7 Å². The third kappa shape index (κ3) is 5.13. The zero-order valence-electron chi connectivity index (χ0n) is 21.4. The minimum absolute atomic E-state index is 0.0694. The molecule has 1 fully saturated rings. The predicted molar refractivity (Wildman–Crippen MR) is 144 cm³/mol. The third-order valence-corrected chi connectivity index (χ3v) is 8.35. The number of nitrogens with zero attached hydrogens (tertiary/aromatic N) is 2. The van der Waals surface area contributed by atoms with E-state index in [-0.39, 0.29) is 22.6 Å². The Balaban J connectivity index is 1.62. The van der Waals surface area contributed by atoms with Crippen LogP contribution in [0.3, 0.4) is 0 Å². The van der Waals surface area contributed by atoms with Gasteiger partial charge in [0, 0.05) is 11.1 Å². The summed E-state index contributed by atoms with van der Waals surface area (Å²) in [5.74, 6) is -1.19. The summed E-state index contributed by atoms with van der Waals surface area (Å²) in [5, 5.41) is 4.64. The Labute approximate surface area is 226 Å². The van der Waals surface area contributed by atoms with E-state index in [4.69, 9.17) is 38.2 Å². The van der Waals surface area contributed by atoms with Crippen LogP contribution in [-0.2, 0) is 16.0 Å². The molecule has 196 valence electrons. The first-order chi connectivity index (χ1) is 17.5. The van der Waals surface area contributed by atoms with Gasteiger partial charge in [-0.15, -0.1) is 0 Å². The number of hydrogen-bond donors (Lipinski definition) is 1. The number of rotatable bonds is 7. The Morgan fingerprint density at radius 1 is 1.03 bits per heavy atom. The van der Waals surface area contributed by atoms with Gasteiger partial charge in [0.05, 0.1) is 10.0 Å². The zero-order chi connectivity index (χ0) is 27.0. The van der Waals surface area contributed by atoms with Crippen molar-refractivity contribution in [3.63, 3.8) is 0 Å². The van der Waals surface area contributed by atoms with Crippen LogP contribution >= 0.6 is 23.2 Å². The smallest absolute Gasteiger partial charge is 0.345 e. The van der Waals surface area contributed by atoms with Gasteiger partial charge in [-0.2, -0.15) is 0 Å². The molecule has 2 N–H and O–H groups in total. The van der Waals surface area contributed by atoms with Crippen molar-refractivity contribution < 1.29 is 18.8 Å². The van der Waals surface area contributed by atoms with E-state index in [9.17, 15) is 9.59 Å². The van der Waals surface area contributed by atoms with Crippen LogP contribution in [-0.4, -0.2) is 47.2 Å². The first-order valence-corrected chi connectivity index (χ1v) is 12.9. The van der Waals surface area contributed by atoms with Gasteiger partial charge in [-0.05, 0) is 83.3 Å². The molecule has 0 unspecified atom stereocenters. The predicted octanol–water partition coefficient (Wildman–Crippen LogP) is 5.76. The summed E-state index contributed by atoms with van der Waals surface area (Å²) in [6.07, 6.45) is 2.65. The Hall–Kier alpha value is -2.87. The molecule has 1 aromatic heterocycles. The number of halogens is 2. The number of carbonyl (C=O) groups excluding carboxylic acids is 2. The van der Waals surface area contributed by atoms with Crippen LogP contribution in [0.1, 0.15) is 52.9 Å². The Morgan fingerprint density at radius 2 is 1.65 bits per heavy atom. The van der Waals surface area contributed by atoms with Crippen molar-refractivity contribution in [3.8, 4) is 11.3 Å². The topological polar surface area (TPSA) is 98.7 Å². The molecule has 1 aliphatic carbocycles. The van der Waals surface area contributed by atoms with Crippen molar-refractivity contribution in [3.05, 3.63) is 75.0 Å². The van der Waals surface area contributed by atoms with E-state index in [0.717, 1.165) is 6.42 Å². The maximum absolute atomic E-state index is 13.5. The van der Waals surface area contributed by atoms with Gasteiger partial charge in [0.1, 0.15) is 17.0 Å².